The summed E-state index contributed by atoms with van der Waals surface area (Å²) in [6, 6.07) is 38.4. The number of anilines is 3. The van der Waals surface area contributed by atoms with E-state index >= 15 is 0 Å². The lowest BCUT2D eigenvalue weighted by Gasteiger charge is -2.36. The Balaban J connectivity index is 0.000000193. The van der Waals surface area contributed by atoms with Gasteiger partial charge in [0.15, 0.2) is 0 Å². The molecule has 2 fully saturated rings. The number of nitrogens with zero attached hydrogens (tertiary/aromatic N) is 8. The Morgan fingerprint density at radius 1 is 0.456 bits per heavy atom. The van der Waals surface area contributed by atoms with Crippen LogP contribution in [0.2, 0.25) is 0 Å². The summed E-state index contributed by atoms with van der Waals surface area (Å²) >= 11 is 0. The zero-order chi connectivity index (χ0) is 56.1. The van der Waals surface area contributed by atoms with Crippen molar-refractivity contribution in [2.75, 3.05) is 73.1 Å². The number of sulfonamides is 3. The number of benzene rings is 6. The number of nitrogens with one attached hydrogen (secondary N) is 1. The van der Waals surface area contributed by atoms with Gasteiger partial charge in [0, 0.05) is 70.2 Å². The van der Waals surface area contributed by atoms with Crippen molar-refractivity contribution < 1.29 is 42.8 Å². The van der Waals surface area contributed by atoms with Crippen molar-refractivity contribution in [3.05, 3.63) is 219 Å². The molecule has 0 bridgehead atoms. The first-order valence-electron chi connectivity index (χ1n) is 24.6. The van der Waals surface area contributed by atoms with Gasteiger partial charge in [0.2, 0.25) is 30.1 Å². The predicted molar refractivity (Wildman–Crippen MR) is 295 cm³/mol. The van der Waals surface area contributed by atoms with E-state index in [1.165, 1.54) is 33.1 Å². The molecule has 0 unspecified atom stereocenters. The standard InChI is InChI=1S/C28H27F2N5O5S2.C27H24F2N4O3S/c1-41(37,38)32-24-9-5-8-21(14-24)27-26(18-31-35(28(27)36)25-16-22(29)15-23(30)17-25)33-10-12-34(13-11-33)42(39,40)19-20-6-3-2-4-7-20;28-22-15-23(29)17-24(16-22)33-27(34)26(21-9-5-2-6-10-21)25(18-30-33)31-11-13-32(14-12-31)37(35,36)19-20-7-3-1-4-8-20/h2-9,14-18,32H,10-13,19H2,1H3;1-10,15-18H,11-14,19H2. The first-order valence-corrected chi connectivity index (χ1v) is 29.7. The third-order valence-electron chi connectivity index (χ3n) is 12.9. The Labute approximate surface area is 453 Å². The fourth-order valence-electron chi connectivity index (χ4n) is 9.33. The minimum absolute atomic E-state index is 0.0249. The average molecular weight is 1140 g/mol. The molecule has 1 N–H and O–H groups in total. The number of aromatic nitrogens is 4. The van der Waals surface area contributed by atoms with Crippen LogP contribution >= 0.6 is 0 Å². The predicted octanol–water partition coefficient (Wildman–Crippen LogP) is 7.03. The largest absolute Gasteiger partial charge is 0.367 e. The Kier molecular flexibility index (Phi) is 16.6. The van der Waals surface area contributed by atoms with E-state index in [2.05, 4.69) is 14.9 Å². The molecule has 4 heterocycles. The van der Waals surface area contributed by atoms with E-state index < -0.39 is 64.5 Å². The van der Waals surface area contributed by atoms with Gasteiger partial charge in [-0.3, -0.25) is 14.3 Å². The summed E-state index contributed by atoms with van der Waals surface area (Å²) in [6.07, 6.45) is 3.86. The maximum Gasteiger partial charge on any atom is 0.281 e. The van der Waals surface area contributed by atoms with Gasteiger partial charge < -0.3 is 9.80 Å². The fourth-order valence-corrected chi connectivity index (χ4v) is 12.9. The van der Waals surface area contributed by atoms with Crippen LogP contribution < -0.4 is 25.6 Å². The normalized spacial score (nSPS) is 14.6. The molecule has 6 aromatic carbocycles. The van der Waals surface area contributed by atoms with E-state index in [4.69, 9.17) is 0 Å². The van der Waals surface area contributed by atoms with Gasteiger partial charge in [-0.2, -0.15) is 28.2 Å². The molecule has 0 atom stereocenters. The van der Waals surface area contributed by atoms with Crippen LogP contribution in [0.4, 0.5) is 34.6 Å². The molecule has 2 saturated heterocycles. The van der Waals surface area contributed by atoms with Gasteiger partial charge in [-0.05, 0) is 58.7 Å². The number of halogens is 4. The summed E-state index contributed by atoms with van der Waals surface area (Å²) in [5.41, 5.74) is 2.48. The Hall–Kier alpha value is -8.03. The van der Waals surface area contributed by atoms with Crippen LogP contribution in [0.5, 0.6) is 0 Å². The summed E-state index contributed by atoms with van der Waals surface area (Å²) in [5, 5.41) is 8.40. The molecule has 0 saturated carbocycles. The molecule has 17 nitrogen and oxygen atoms in total. The van der Waals surface area contributed by atoms with E-state index in [-0.39, 0.29) is 73.4 Å². The monoisotopic (exact) mass is 1140 g/mol. The van der Waals surface area contributed by atoms with Crippen LogP contribution in [0.1, 0.15) is 11.1 Å². The number of rotatable bonds is 14. The van der Waals surface area contributed by atoms with Gasteiger partial charge in [-0.15, -0.1) is 0 Å². The second kappa shape index (κ2) is 23.5. The molecule has 2 aliphatic heterocycles. The van der Waals surface area contributed by atoms with Crippen molar-refractivity contribution in [2.45, 2.75) is 11.5 Å². The lowest BCUT2D eigenvalue weighted by Crippen LogP contribution is -2.49. The van der Waals surface area contributed by atoms with Crippen molar-refractivity contribution in [1.29, 1.82) is 0 Å². The molecule has 8 aromatic rings. The van der Waals surface area contributed by atoms with Crippen molar-refractivity contribution in [1.82, 2.24) is 28.2 Å². The van der Waals surface area contributed by atoms with Gasteiger partial charge in [0.25, 0.3) is 11.1 Å². The maximum absolute atomic E-state index is 14.0. The van der Waals surface area contributed by atoms with Crippen LogP contribution in [0.15, 0.2) is 174 Å². The van der Waals surface area contributed by atoms with Crippen molar-refractivity contribution >= 4 is 47.1 Å². The second-order valence-corrected chi connectivity index (χ2v) is 24.3. The summed E-state index contributed by atoms with van der Waals surface area (Å²) in [7, 11) is -10.7. The third kappa shape index (κ3) is 13.5. The molecule has 24 heteroatoms. The molecule has 0 aliphatic carbocycles. The van der Waals surface area contributed by atoms with E-state index in [1.807, 2.05) is 28.0 Å². The first kappa shape index (κ1) is 55.7. The zero-order valence-electron chi connectivity index (χ0n) is 42.2. The molecule has 10 rings (SSSR count). The highest BCUT2D eigenvalue weighted by atomic mass is 32.2. The molecule has 2 aliphatic rings. The summed E-state index contributed by atoms with van der Waals surface area (Å²) in [4.78, 5) is 31.2. The average Bonchev–Trinajstić information content (AvgIpc) is 3.51. The van der Waals surface area contributed by atoms with E-state index in [1.54, 1.807) is 84.9 Å². The smallest absolute Gasteiger partial charge is 0.281 e. The summed E-state index contributed by atoms with van der Waals surface area (Å²) < 4.78 is 139. The number of hydrogen-bond acceptors (Lipinski definition) is 12. The fraction of sp³-hybridized carbons (Fsp3) is 0.200. The highest BCUT2D eigenvalue weighted by Crippen LogP contribution is 2.32. The van der Waals surface area contributed by atoms with E-state index in [9.17, 15) is 52.4 Å². The van der Waals surface area contributed by atoms with E-state index in [0.717, 1.165) is 51.5 Å². The SMILES string of the molecule is CS(=O)(=O)Nc1cccc(-c2c(N3CCN(S(=O)(=O)Cc4ccccc4)CC3)cnn(-c3cc(F)cc(F)c3)c2=O)c1.O=c1c(-c2ccccc2)c(N2CCN(S(=O)(=O)Cc3ccccc3)CC2)cnn1-c1cc(F)cc(F)c1. The maximum atomic E-state index is 14.0. The van der Waals surface area contributed by atoms with Crippen molar-refractivity contribution in [2.24, 2.45) is 0 Å². The summed E-state index contributed by atoms with van der Waals surface area (Å²) in [6.45, 7) is 2.00. The molecule has 79 heavy (non-hydrogen) atoms. The first-order chi connectivity index (χ1) is 37.7. The Morgan fingerprint density at radius 3 is 1.22 bits per heavy atom. The molecule has 410 valence electrons. The lowest BCUT2D eigenvalue weighted by atomic mass is 10.0. The van der Waals surface area contributed by atoms with Gasteiger partial charge >= 0.3 is 0 Å². The lowest BCUT2D eigenvalue weighted by molar-refractivity contribution is 0.384. The Bertz CT molecular complexity index is 3940. The topological polar surface area (TPSA) is 197 Å². The molecule has 0 spiro atoms. The minimum atomic E-state index is -3.62. The van der Waals surface area contributed by atoms with Gasteiger partial charge in [-0.25, -0.2) is 42.8 Å². The van der Waals surface area contributed by atoms with Gasteiger partial charge in [-0.1, -0.05) is 103 Å². The number of hydrogen-bond donors (Lipinski definition) is 1. The third-order valence-corrected chi connectivity index (χ3v) is 17.3. The summed E-state index contributed by atoms with van der Waals surface area (Å²) in [5.74, 6) is -3.64. The van der Waals surface area contributed by atoms with Crippen LogP contribution in [0, 0.1) is 23.3 Å². The highest BCUT2D eigenvalue weighted by molar-refractivity contribution is 7.92. The highest BCUT2D eigenvalue weighted by Gasteiger charge is 2.31. The molecule has 0 amide bonds. The minimum Gasteiger partial charge on any atom is -0.367 e. The Morgan fingerprint density at radius 2 is 0.823 bits per heavy atom. The van der Waals surface area contributed by atoms with Crippen LogP contribution in [-0.2, 0) is 41.6 Å². The molecule has 2 aromatic heterocycles. The van der Waals surface area contributed by atoms with Crippen LogP contribution in [-0.4, -0.2) is 112 Å². The van der Waals surface area contributed by atoms with Gasteiger partial charge in [0.1, 0.15) is 23.3 Å². The van der Waals surface area contributed by atoms with Crippen LogP contribution in [0.25, 0.3) is 33.6 Å². The zero-order valence-corrected chi connectivity index (χ0v) is 44.7. The van der Waals surface area contributed by atoms with Crippen molar-refractivity contribution in [3.63, 3.8) is 0 Å². The van der Waals surface area contributed by atoms with Gasteiger partial charge in [0.05, 0.1) is 64.0 Å². The number of piperazine rings is 2. The van der Waals surface area contributed by atoms with Crippen molar-refractivity contribution in [3.8, 4) is 33.6 Å². The molecular formula is C55H51F4N9O8S3. The second-order valence-electron chi connectivity index (χ2n) is 18.6. The van der Waals surface area contributed by atoms with Crippen LogP contribution in [0.3, 0.4) is 0 Å². The van der Waals surface area contributed by atoms with E-state index in [0.29, 0.717) is 52.8 Å². The quantitative estimate of drug-likeness (QED) is 0.109. The molecule has 0 radical (unpaired) electrons. The molecular weight excluding hydrogens is 1090 g/mol.